The molecule has 6 nitrogen and oxygen atoms in total. The SMILES string of the molecule is O[C@@H]1CCCC[C@@H]1Nc1cncc2ncnn12. The third-order valence-electron chi connectivity index (χ3n) is 3.25. The lowest BCUT2D eigenvalue weighted by Gasteiger charge is -2.28. The summed E-state index contributed by atoms with van der Waals surface area (Å²) in [6.45, 7) is 0. The molecule has 0 unspecified atom stereocenters. The van der Waals surface area contributed by atoms with Crippen LogP contribution in [0.1, 0.15) is 25.7 Å². The first-order chi connectivity index (χ1) is 8.34. The quantitative estimate of drug-likeness (QED) is 0.804. The van der Waals surface area contributed by atoms with Crippen molar-refractivity contribution >= 4 is 11.5 Å². The van der Waals surface area contributed by atoms with Crippen molar-refractivity contribution < 1.29 is 5.11 Å². The predicted octanol–water partition coefficient (Wildman–Crippen LogP) is 0.840. The molecular formula is C11H15N5O. The van der Waals surface area contributed by atoms with Crippen molar-refractivity contribution in [2.24, 2.45) is 0 Å². The molecule has 17 heavy (non-hydrogen) atoms. The maximum Gasteiger partial charge on any atom is 0.175 e. The van der Waals surface area contributed by atoms with E-state index in [-0.39, 0.29) is 12.1 Å². The van der Waals surface area contributed by atoms with Gasteiger partial charge in [-0.05, 0) is 12.8 Å². The van der Waals surface area contributed by atoms with Gasteiger partial charge in [-0.25, -0.2) is 4.98 Å². The Morgan fingerprint density at radius 2 is 2.18 bits per heavy atom. The number of hydrogen-bond donors (Lipinski definition) is 2. The minimum atomic E-state index is -0.289. The van der Waals surface area contributed by atoms with E-state index in [1.54, 1.807) is 16.9 Å². The second-order valence-electron chi connectivity index (χ2n) is 4.43. The molecule has 0 radical (unpaired) electrons. The number of nitrogens with zero attached hydrogens (tertiary/aromatic N) is 4. The summed E-state index contributed by atoms with van der Waals surface area (Å²) < 4.78 is 1.70. The van der Waals surface area contributed by atoms with Crippen molar-refractivity contribution in [1.82, 2.24) is 19.6 Å². The van der Waals surface area contributed by atoms with Crippen LogP contribution < -0.4 is 5.32 Å². The molecule has 0 spiro atoms. The van der Waals surface area contributed by atoms with Gasteiger partial charge in [0.1, 0.15) is 12.1 Å². The van der Waals surface area contributed by atoms with Crippen molar-refractivity contribution in [2.75, 3.05) is 5.32 Å². The smallest absolute Gasteiger partial charge is 0.175 e. The average Bonchev–Trinajstić information content (AvgIpc) is 2.81. The van der Waals surface area contributed by atoms with Gasteiger partial charge >= 0.3 is 0 Å². The van der Waals surface area contributed by atoms with Gasteiger partial charge in [0.25, 0.3) is 0 Å². The van der Waals surface area contributed by atoms with Crippen LogP contribution in [0.4, 0.5) is 5.82 Å². The molecule has 2 atom stereocenters. The van der Waals surface area contributed by atoms with E-state index in [0.717, 1.165) is 31.5 Å². The Kier molecular flexibility index (Phi) is 2.64. The molecule has 0 bridgehead atoms. The van der Waals surface area contributed by atoms with Crippen LogP contribution in [-0.4, -0.2) is 36.8 Å². The van der Waals surface area contributed by atoms with Crippen molar-refractivity contribution in [3.05, 3.63) is 18.7 Å². The van der Waals surface area contributed by atoms with E-state index in [0.29, 0.717) is 5.65 Å². The van der Waals surface area contributed by atoms with Gasteiger partial charge in [0.2, 0.25) is 0 Å². The Labute approximate surface area is 98.7 Å². The first-order valence-electron chi connectivity index (χ1n) is 5.93. The van der Waals surface area contributed by atoms with Crippen LogP contribution in [0.2, 0.25) is 0 Å². The molecule has 2 heterocycles. The van der Waals surface area contributed by atoms with Gasteiger partial charge in [-0.15, -0.1) is 0 Å². The summed E-state index contributed by atoms with van der Waals surface area (Å²) in [5.41, 5.74) is 0.709. The molecule has 0 amide bonds. The van der Waals surface area contributed by atoms with Gasteiger partial charge in [-0.3, -0.25) is 4.98 Å². The molecule has 0 aliphatic heterocycles. The van der Waals surface area contributed by atoms with Crippen LogP contribution in [0.25, 0.3) is 5.65 Å². The summed E-state index contributed by atoms with van der Waals surface area (Å²) in [5, 5.41) is 17.4. The lowest BCUT2D eigenvalue weighted by atomic mass is 9.93. The molecule has 3 rings (SSSR count). The Morgan fingerprint density at radius 3 is 3.06 bits per heavy atom. The minimum absolute atomic E-state index is 0.0837. The second kappa shape index (κ2) is 4.29. The van der Waals surface area contributed by atoms with Gasteiger partial charge in [-0.1, -0.05) is 12.8 Å². The maximum atomic E-state index is 9.92. The minimum Gasteiger partial charge on any atom is -0.391 e. The molecule has 1 fully saturated rings. The number of rotatable bonds is 2. The molecule has 1 aliphatic carbocycles. The second-order valence-corrected chi connectivity index (χ2v) is 4.43. The number of aliphatic hydroxyl groups excluding tert-OH is 1. The molecule has 0 aromatic carbocycles. The molecule has 2 aromatic heterocycles. The third-order valence-corrected chi connectivity index (χ3v) is 3.25. The van der Waals surface area contributed by atoms with Gasteiger partial charge in [-0.2, -0.15) is 9.61 Å². The first-order valence-corrected chi connectivity index (χ1v) is 5.93. The molecule has 1 aliphatic rings. The fraction of sp³-hybridized carbons (Fsp3) is 0.545. The Morgan fingerprint density at radius 1 is 1.29 bits per heavy atom. The van der Waals surface area contributed by atoms with Crippen molar-refractivity contribution in [1.29, 1.82) is 0 Å². The standard InChI is InChI=1S/C11H15N5O/c17-9-4-2-1-3-8(9)15-11-6-12-5-10-13-7-14-16(10)11/h5-9,15,17H,1-4H2/t8-,9+/m0/s1. The zero-order valence-corrected chi connectivity index (χ0v) is 9.45. The summed E-state index contributed by atoms with van der Waals surface area (Å²) in [4.78, 5) is 8.19. The Hall–Kier alpha value is -1.69. The summed E-state index contributed by atoms with van der Waals surface area (Å²) >= 11 is 0. The van der Waals surface area contributed by atoms with Crippen molar-refractivity contribution in [3.8, 4) is 0 Å². The molecule has 2 N–H and O–H groups in total. The van der Waals surface area contributed by atoms with E-state index >= 15 is 0 Å². The highest BCUT2D eigenvalue weighted by atomic mass is 16.3. The molecule has 1 saturated carbocycles. The van der Waals surface area contributed by atoms with Crippen LogP contribution in [0.15, 0.2) is 18.7 Å². The van der Waals surface area contributed by atoms with Gasteiger partial charge in [0.05, 0.1) is 24.5 Å². The molecule has 0 saturated heterocycles. The largest absolute Gasteiger partial charge is 0.391 e. The van der Waals surface area contributed by atoms with Gasteiger partial charge < -0.3 is 10.4 Å². The summed E-state index contributed by atoms with van der Waals surface area (Å²) in [6, 6.07) is 0.0837. The third kappa shape index (κ3) is 1.95. The van der Waals surface area contributed by atoms with Crippen LogP contribution >= 0.6 is 0 Å². The number of nitrogens with one attached hydrogen (secondary N) is 1. The maximum absolute atomic E-state index is 9.92. The first kappa shape index (κ1) is 10.5. The number of aromatic nitrogens is 4. The molecule has 90 valence electrons. The number of hydrogen-bond acceptors (Lipinski definition) is 5. The predicted molar refractivity (Wildman–Crippen MR) is 62.7 cm³/mol. The molecular weight excluding hydrogens is 218 g/mol. The van der Waals surface area contributed by atoms with E-state index in [1.165, 1.54) is 6.33 Å². The molecule has 6 heteroatoms. The lowest BCUT2D eigenvalue weighted by Crippen LogP contribution is -2.36. The topological polar surface area (TPSA) is 75.3 Å². The fourth-order valence-corrected chi connectivity index (χ4v) is 2.32. The lowest BCUT2D eigenvalue weighted by molar-refractivity contribution is 0.116. The number of anilines is 1. The Bertz CT molecular complexity index is 511. The van der Waals surface area contributed by atoms with Crippen molar-refractivity contribution in [2.45, 2.75) is 37.8 Å². The van der Waals surface area contributed by atoms with Crippen LogP contribution in [0.3, 0.4) is 0 Å². The van der Waals surface area contributed by atoms with Gasteiger partial charge in [0, 0.05) is 0 Å². The summed E-state index contributed by atoms with van der Waals surface area (Å²) in [6.07, 6.45) is 8.67. The van der Waals surface area contributed by atoms with E-state index in [9.17, 15) is 5.11 Å². The van der Waals surface area contributed by atoms with Gasteiger partial charge in [0.15, 0.2) is 5.65 Å². The fourth-order valence-electron chi connectivity index (χ4n) is 2.32. The number of fused-ring (bicyclic) bond motifs is 1. The van der Waals surface area contributed by atoms with Crippen LogP contribution in [0, 0.1) is 0 Å². The highest BCUT2D eigenvalue weighted by Gasteiger charge is 2.23. The zero-order chi connectivity index (χ0) is 11.7. The van der Waals surface area contributed by atoms with E-state index in [1.807, 2.05) is 0 Å². The van der Waals surface area contributed by atoms with E-state index in [2.05, 4.69) is 20.4 Å². The Balaban J connectivity index is 1.86. The van der Waals surface area contributed by atoms with E-state index < -0.39 is 0 Å². The van der Waals surface area contributed by atoms with Crippen LogP contribution in [0.5, 0.6) is 0 Å². The monoisotopic (exact) mass is 233 g/mol. The highest BCUT2D eigenvalue weighted by molar-refractivity contribution is 5.45. The van der Waals surface area contributed by atoms with E-state index in [4.69, 9.17) is 0 Å². The average molecular weight is 233 g/mol. The van der Waals surface area contributed by atoms with Crippen molar-refractivity contribution in [3.63, 3.8) is 0 Å². The summed E-state index contributed by atoms with van der Waals surface area (Å²) in [5.74, 6) is 0.783. The zero-order valence-electron chi connectivity index (χ0n) is 9.45. The molecule has 2 aromatic rings. The van der Waals surface area contributed by atoms with Crippen LogP contribution in [-0.2, 0) is 0 Å². The highest BCUT2D eigenvalue weighted by Crippen LogP contribution is 2.21. The normalized spacial score (nSPS) is 25.0. The number of aliphatic hydroxyl groups is 1. The summed E-state index contributed by atoms with van der Waals surface area (Å²) in [7, 11) is 0.